The molecule has 3 aromatic heterocycles. The molecule has 0 atom stereocenters. The van der Waals surface area contributed by atoms with Crippen LogP contribution in [-0.4, -0.2) is 9.97 Å². The predicted molar refractivity (Wildman–Crippen MR) is 111 cm³/mol. The summed E-state index contributed by atoms with van der Waals surface area (Å²) in [6.45, 7) is 1.78. The van der Waals surface area contributed by atoms with Crippen molar-refractivity contribution in [3.8, 4) is 11.6 Å². The highest BCUT2D eigenvalue weighted by atomic mass is 79.9. The molecule has 4 aromatic rings. The lowest BCUT2D eigenvalue weighted by Crippen LogP contribution is -2.12. The van der Waals surface area contributed by atoms with Crippen molar-refractivity contribution in [1.29, 1.82) is 0 Å². The highest BCUT2D eigenvalue weighted by molar-refractivity contribution is 9.08. The molecule has 0 saturated heterocycles. The summed E-state index contributed by atoms with van der Waals surface area (Å²) < 4.78 is 39.2. The van der Waals surface area contributed by atoms with Gasteiger partial charge in [-0.3, -0.25) is 4.98 Å². The number of aromatic nitrogens is 2. The SMILES string of the molecule is Cc1c(Cc2ccnc(CBr)c2F)c(=O)oc2cc(Oc3ncccc3F)ccc12. The van der Waals surface area contributed by atoms with Crippen molar-refractivity contribution in [2.24, 2.45) is 0 Å². The van der Waals surface area contributed by atoms with Crippen molar-refractivity contribution in [2.45, 2.75) is 18.7 Å². The molecule has 30 heavy (non-hydrogen) atoms. The smallest absolute Gasteiger partial charge is 0.340 e. The Morgan fingerprint density at radius 3 is 2.73 bits per heavy atom. The third-order valence-electron chi connectivity index (χ3n) is 4.73. The molecule has 0 aliphatic heterocycles. The molecule has 0 N–H and O–H groups in total. The molecule has 0 fully saturated rings. The third-order valence-corrected chi connectivity index (χ3v) is 5.26. The van der Waals surface area contributed by atoms with E-state index in [0.717, 1.165) is 0 Å². The Bertz CT molecular complexity index is 1310. The van der Waals surface area contributed by atoms with E-state index in [9.17, 15) is 13.6 Å². The fourth-order valence-electron chi connectivity index (χ4n) is 3.15. The lowest BCUT2D eigenvalue weighted by molar-refractivity contribution is 0.422. The van der Waals surface area contributed by atoms with Crippen molar-refractivity contribution in [1.82, 2.24) is 9.97 Å². The number of benzene rings is 1. The van der Waals surface area contributed by atoms with E-state index < -0.39 is 17.3 Å². The van der Waals surface area contributed by atoms with Crippen molar-refractivity contribution in [2.75, 3.05) is 0 Å². The summed E-state index contributed by atoms with van der Waals surface area (Å²) in [7, 11) is 0. The number of hydrogen-bond acceptors (Lipinski definition) is 5. The van der Waals surface area contributed by atoms with Crippen molar-refractivity contribution < 1.29 is 17.9 Å². The van der Waals surface area contributed by atoms with Crippen molar-refractivity contribution in [3.05, 3.63) is 93.2 Å². The van der Waals surface area contributed by atoms with Crippen LogP contribution in [0.5, 0.6) is 11.6 Å². The molecule has 0 aliphatic rings. The topological polar surface area (TPSA) is 65.2 Å². The van der Waals surface area contributed by atoms with E-state index in [4.69, 9.17) is 9.15 Å². The van der Waals surface area contributed by atoms with E-state index in [0.29, 0.717) is 22.1 Å². The first-order valence-electron chi connectivity index (χ1n) is 9.01. The second-order valence-electron chi connectivity index (χ2n) is 6.58. The summed E-state index contributed by atoms with van der Waals surface area (Å²) in [6.07, 6.45) is 3.00. The molecule has 0 aliphatic carbocycles. The van der Waals surface area contributed by atoms with E-state index >= 15 is 0 Å². The molecule has 4 rings (SSSR count). The number of halogens is 3. The van der Waals surface area contributed by atoms with Crippen LogP contribution in [-0.2, 0) is 11.8 Å². The first kappa shape index (κ1) is 20.2. The fraction of sp³-hybridized carbons (Fsp3) is 0.136. The van der Waals surface area contributed by atoms with E-state index in [2.05, 4.69) is 25.9 Å². The standard InChI is InChI=1S/C22H15BrF2N2O3/c1-12-15-5-4-14(29-21-17(24)3-2-7-27-21)10-19(15)30-22(28)16(12)9-13-6-8-26-18(11-23)20(13)25/h2-8,10H,9,11H2,1H3. The van der Waals surface area contributed by atoms with Gasteiger partial charge in [-0.15, -0.1) is 0 Å². The van der Waals surface area contributed by atoms with Gasteiger partial charge in [0.15, 0.2) is 5.82 Å². The highest BCUT2D eigenvalue weighted by Crippen LogP contribution is 2.28. The number of rotatable bonds is 5. The molecule has 1 aromatic carbocycles. The second-order valence-corrected chi connectivity index (χ2v) is 7.15. The number of hydrogen-bond donors (Lipinski definition) is 0. The number of pyridine rings is 2. The van der Waals surface area contributed by atoms with Gasteiger partial charge in [0.2, 0.25) is 0 Å². The van der Waals surface area contributed by atoms with Gasteiger partial charge in [-0.05, 0) is 48.4 Å². The fourth-order valence-corrected chi connectivity index (χ4v) is 3.54. The third kappa shape index (κ3) is 3.82. The first-order valence-corrected chi connectivity index (χ1v) is 10.1. The van der Waals surface area contributed by atoms with Crippen LogP contribution in [0.1, 0.15) is 22.4 Å². The van der Waals surface area contributed by atoms with Crippen LogP contribution in [0.4, 0.5) is 8.78 Å². The molecule has 152 valence electrons. The molecule has 0 radical (unpaired) electrons. The maximum atomic E-state index is 14.6. The highest BCUT2D eigenvalue weighted by Gasteiger charge is 2.17. The van der Waals surface area contributed by atoms with Crippen LogP contribution in [0.2, 0.25) is 0 Å². The number of ether oxygens (including phenoxy) is 1. The molecule has 0 unspecified atom stereocenters. The monoisotopic (exact) mass is 472 g/mol. The molecule has 0 bridgehead atoms. The molecule has 8 heteroatoms. The second kappa shape index (κ2) is 8.31. The van der Waals surface area contributed by atoms with Gasteiger partial charge in [-0.25, -0.2) is 18.6 Å². The van der Waals surface area contributed by atoms with E-state index in [-0.39, 0.29) is 34.7 Å². The Kier molecular flexibility index (Phi) is 5.59. The van der Waals surface area contributed by atoms with Gasteiger partial charge >= 0.3 is 5.63 Å². The summed E-state index contributed by atoms with van der Waals surface area (Å²) in [5.41, 5.74) is 1.38. The maximum Gasteiger partial charge on any atom is 0.340 e. The number of nitrogens with zero attached hydrogens (tertiary/aromatic N) is 2. The largest absolute Gasteiger partial charge is 0.436 e. The summed E-state index contributed by atoms with van der Waals surface area (Å²) in [6, 6.07) is 9.07. The zero-order valence-corrected chi connectivity index (χ0v) is 17.4. The van der Waals surface area contributed by atoms with Crippen molar-refractivity contribution in [3.63, 3.8) is 0 Å². The average Bonchev–Trinajstić information content (AvgIpc) is 2.73. The Labute approximate surface area is 178 Å². The molecule has 5 nitrogen and oxygen atoms in total. The van der Waals surface area contributed by atoms with Gasteiger partial charge in [-0.1, -0.05) is 15.9 Å². The zero-order chi connectivity index (χ0) is 21.3. The van der Waals surface area contributed by atoms with Crippen molar-refractivity contribution >= 4 is 26.9 Å². The van der Waals surface area contributed by atoms with E-state index in [1.54, 1.807) is 25.1 Å². The lowest BCUT2D eigenvalue weighted by Gasteiger charge is -2.11. The number of fused-ring (bicyclic) bond motifs is 1. The van der Waals surface area contributed by atoms with Crippen LogP contribution in [0, 0.1) is 18.6 Å². The quantitative estimate of drug-likeness (QED) is 0.285. The minimum Gasteiger partial charge on any atom is -0.436 e. The van der Waals surface area contributed by atoms with Crippen LogP contribution in [0.15, 0.2) is 58.0 Å². The predicted octanol–water partition coefficient (Wildman–Crippen LogP) is 5.45. The molecule has 0 amide bonds. The average molecular weight is 473 g/mol. The van der Waals surface area contributed by atoms with Gasteiger partial charge in [0, 0.05) is 41.2 Å². The Hall–Kier alpha value is -3.13. The summed E-state index contributed by atoms with van der Waals surface area (Å²) in [5.74, 6) is -0.956. The maximum absolute atomic E-state index is 14.6. The Morgan fingerprint density at radius 1 is 1.13 bits per heavy atom. The molecule has 3 heterocycles. The molecule has 0 spiro atoms. The summed E-state index contributed by atoms with van der Waals surface area (Å²) in [4.78, 5) is 20.4. The van der Waals surface area contributed by atoms with Gasteiger partial charge in [0.05, 0.1) is 5.69 Å². The zero-order valence-electron chi connectivity index (χ0n) is 15.8. The number of alkyl halides is 1. The molecular weight excluding hydrogens is 458 g/mol. The first-order chi connectivity index (χ1) is 14.5. The van der Waals surface area contributed by atoms with E-state index in [1.165, 1.54) is 30.6 Å². The van der Waals surface area contributed by atoms with Crippen LogP contribution in [0.25, 0.3) is 11.0 Å². The Morgan fingerprint density at radius 2 is 1.97 bits per heavy atom. The number of aryl methyl sites for hydroxylation is 1. The molecule has 0 saturated carbocycles. The van der Waals surface area contributed by atoms with Crippen LogP contribution in [0.3, 0.4) is 0 Å². The van der Waals surface area contributed by atoms with Gasteiger partial charge in [0.1, 0.15) is 17.1 Å². The van der Waals surface area contributed by atoms with Gasteiger partial charge in [0.25, 0.3) is 5.88 Å². The summed E-state index contributed by atoms with van der Waals surface area (Å²) >= 11 is 3.20. The normalized spacial score (nSPS) is 11.1. The minimum atomic E-state index is -0.604. The summed E-state index contributed by atoms with van der Waals surface area (Å²) in [5, 5.41) is 0.950. The lowest BCUT2D eigenvalue weighted by atomic mass is 9.99. The van der Waals surface area contributed by atoms with Gasteiger partial charge in [-0.2, -0.15) is 0 Å². The Balaban J connectivity index is 1.72. The van der Waals surface area contributed by atoms with Gasteiger partial charge < -0.3 is 9.15 Å². The van der Waals surface area contributed by atoms with E-state index in [1.807, 2.05) is 0 Å². The van der Waals surface area contributed by atoms with Crippen LogP contribution >= 0.6 is 15.9 Å². The molecular formula is C22H15BrF2N2O3. The minimum absolute atomic E-state index is 0.0792. The van der Waals surface area contributed by atoms with Crippen LogP contribution < -0.4 is 10.4 Å².